The average molecular weight is 403 g/mol. The maximum Gasteiger partial charge on any atom is 0.253 e. The molecule has 1 N–H and O–H groups in total. The Bertz CT molecular complexity index is 1040. The van der Waals surface area contributed by atoms with Crippen LogP contribution in [-0.2, 0) is 0 Å². The van der Waals surface area contributed by atoms with Gasteiger partial charge < -0.3 is 10.2 Å². The highest BCUT2D eigenvalue weighted by Crippen LogP contribution is 2.17. The maximum atomic E-state index is 12.9. The van der Waals surface area contributed by atoms with Crippen LogP contribution in [0.3, 0.4) is 0 Å². The molecular formula is C23H25N5O2. The maximum absolute atomic E-state index is 12.9. The molecule has 1 aromatic carbocycles. The molecule has 30 heavy (non-hydrogen) atoms. The summed E-state index contributed by atoms with van der Waals surface area (Å²) in [5.74, 6) is -0.0976. The Labute approximate surface area is 175 Å². The number of nitrogens with zero attached hydrogens (tertiary/aromatic N) is 4. The highest BCUT2D eigenvalue weighted by molar-refractivity contribution is 5.95. The zero-order valence-electron chi connectivity index (χ0n) is 17.2. The molecule has 0 unspecified atom stereocenters. The van der Waals surface area contributed by atoms with Crippen molar-refractivity contribution in [2.75, 3.05) is 13.1 Å². The molecule has 154 valence electrons. The molecule has 2 aromatic heterocycles. The summed E-state index contributed by atoms with van der Waals surface area (Å²) in [7, 11) is 0. The van der Waals surface area contributed by atoms with Crippen LogP contribution in [0, 0.1) is 13.8 Å². The van der Waals surface area contributed by atoms with E-state index >= 15 is 0 Å². The Hall–Kier alpha value is -3.48. The van der Waals surface area contributed by atoms with Crippen LogP contribution in [-0.4, -0.2) is 50.6 Å². The van der Waals surface area contributed by atoms with Crippen molar-refractivity contribution in [1.82, 2.24) is 25.0 Å². The number of aromatic nitrogens is 3. The first-order valence-corrected chi connectivity index (χ1v) is 10.1. The summed E-state index contributed by atoms with van der Waals surface area (Å²) in [6, 6.07) is 13.1. The number of hydrogen-bond donors (Lipinski definition) is 1. The molecule has 1 fully saturated rings. The largest absolute Gasteiger partial charge is 0.349 e. The van der Waals surface area contributed by atoms with E-state index in [2.05, 4.69) is 15.4 Å². The quantitative estimate of drug-likeness (QED) is 0.726. The smallest absolute Gasteiger partial charge is 0.253 e. The van der Waals surface area contributed by atoms with Crippen molar-refractivity contribution in [3.63, 3.8) is 0 Å². The van der Waals surface area contributed by atoms with Gasteiger partial charge in [-0.25, -0.2) is 4.68 Å². The van der Waals surface area contributed by atoms with Crippen LogP contribution in [0.1, 0.15) is 44.9 Å². The number of carbonyl (C=O) groups excluding carboxylic acids is 2. The summed E-state index contributed by atoms with van der Waals surface area (Å²) in [5.41, 5.74) is 4.18. The van der Waals surface area contributed by atoms with Crippen LogP contribution >= 0.6 is 0 Å². The summed E-state index contributed by atoms with van der Waals surface area (Å²) in [5, 5.41) is 7.52. The lowest BCUT2D eigenvalue weighted by atomic mass is 10.0. The van der Waals surface area contributed by atoms with Crippen LogP contribution in [0.4, 0.5) is 0 Å². The molecule has 0 bridgehead atoms. The summed E-state index contributed by atoms with van der Waals surface area (Å²) in [6.45, 7) is 5.21. The number of aryl methyl sites for hydroxylation is 2. The summed E-state index contributed by atoms with van der Waals surface area (Å²) in [6.07, 6.45) is 4.68. The molecule has 1 aliphatic rings. The molecule has 3 heterocycles. The van der Waals surface area contributed by atoms with Crippen LogP contribution in [0.2, 0.25) is 0 Å². The van der Waals surface area contributed by atoms with Gasteiger partial charge in [-0.15, -0.1) is 0 Å². The van der Waals surface area contributed by atoms with E-state index in [0.29, 0.717) is 24.2 Å². The molecule has 3 aromatic rings. The van der Waals surface area contributed by atoms with Crippen LogP contribution < -0.4 is 5.32 Å². The number of pyridine rings is 1. The van der Waals surface area contributed by atoms with E-state index in [1.165, 1.54) is 0 Å². The molecule has 1 aliphatic heterocycles. The van der Waals surface area contributed by atoms with Gasteiger partial charge in [0, 0.05) is 42.8 Å². The van der Waals surface area contributed by atoms with Gasteiger partial charge in [-0.3, -0.25) is 14.6 Å². The van der Waals surface area contributed by atoms with E-state index in [-0.39, 0.29) is 17.9 Å². The van der Waals surface area contributed by atoms with Gasteiger partial charge in [0.1, 0.15) is 0 Å². The molecule has 7 heteroatoms. The fourth-order valence-corrected chi connectivity index (χ4v) is 3.81. The fraction of sp³-hybridized carbons (Fsp3) is 0.304. The lowest BCUT2D eigenvalue weighted by Gasteiger charge is -2.32. The van der Waals surface area contributed by atoms with Gasteiger partial charge in [0.25, 0.3) is 11.8 Å². The SMILES string of the molecule is Cc1cc(C)n(-c2ccc(C(=O)N3CCC(NC(=O)c4cccnc4)CC3)cc2)n1. The lowest BCUT2D eigenvalue weighted by molar-refractivity contribution is 0.0698. The minimum Gasteiger partial charge on any atom is -0.349 e. The number of hydrogen-bond acceptors (Lipinski definition) is 4. The second-order valence-corrected chi connectivity index (χ2v) is 7.67. The Morgan fingerprint density at radius 1 is 1.03 bits per heavy atom. The number of rotatable bonds is 4. The molecule has 0 spiro atoms. The van der Waals surface area contributed by atoms with Crippen molar-refractivity contribution in [3.8, 4) is 5.69 Å². The summed E-state index contributed by atoms with van der Waals surface area (Å²) < 4.78 is 1.88. The van der Waals surface area contributed by atoms with Crippen LogP contribution in [0.25, 0.3) is 5.69 Å². The topological polar surface area (TPSA) is 80.1 Å². The first kappa shape index (κ1) is 19.8. The van der Waals surface area contributed by atoms with Crippen molar-refractivity contribution in [2.24, 2.45) is 0 Å². The second kappa shape index (κ2) is 8.49. The lowest BCUT2D eigenvalue weighted by Crippen LogP contribution is -2.46. The third-order valence-electron chi connectivity index (χ3n) is 5.41. The molecule has 7 nitrogen and oxygen atoms in total. The first-order chi connectivity index (χ1) is 14.5. The standard InChI is InChI=1S/C23H25N5O2/c1-16-14-17(2)28(26-16)21-7-5-18(6-8-21)23(30)27-12-9-20(10-13-27)25-22(29)19-4-3-11-24-15-19/h3-8,11,14-15,20H,9-10,12-13H2,1-2H3,(H,25,29). The Morgan fingerprint density at radius 2 is 1.77 bits per heavy atom. The predicted octanol–water partition coefficient (Wildman–Crippen LogP) is 2.92. The second-order valence-electron chi connectivity index (χ2n) is 7.67. The number of likely N-dealkylation sites (tertiary alicyclic amines) is 1. The van der Waals surface area contributed by atoms with Crippen molar-refractivity contribution in [1.29, 1.82) is 0 Å². The monoisotopic (exact) mass is 403 g/mol. The molecule has 0 atom stereocenters. The van der Waals surface area contributed by atoms with E-state index in [9.17, 15) is 9.59 Å². The summed E-state index contributed by atoms with van der Waals surface area (Å²) in [4.78, 5) is 31.0. The van der Waals surface area contributed by atoms with Crippen molar-refractivity contribution >= 4 is 11.8 Å². The zero-order valence-corrected chi connectivity index (χ0v) is 17.2. The molecule has 4 rings (SSSR count). The molecule has 0 aliphatic carbocycles. The molecule has 0 saturated carbocycles. The molecular weight excluding hydrogens is 378 g/mol. The van der Waals surface area contributed by atoms with E-state index in [4.69, 9.17) is 0 Å². The number of nitrogens with one attached hydrogen (secondary N) is 1. The number of benzene rings is 1. The van der Waals surface area contributed by atoms with Gasteiger partial charge in [-0.2, -0.15) is 5.10 Å². The third kappa shape index (κ3) is 4.25. The van der Waals surface area contributed by atoms with Gasteiger partial charge in [0.05, 0.1) is 16.9 Å². The number of piperidine rings is 1. The van der Waals surface area contributed by atoms with Gasteiger partial charge in [-0.05, 0) is 69.2 Å². The Morgan fingerprint density at radius 3 is 2.37 bits per heavy atom. The van der Waals surface area contributed by atoms with Gasteiger partial charge in [0.2, 0.25) is 0 Å². The highest BCUT2D eigenvalue weighted by Gasteiger charge is 2.25. The van der Waals surface area contributed by atoms with Crippen molar-refractivity contribution < 1.29 is 9.59 Å². The van der Waals surface area contributed by atoms with E-state index in [1.807, 2.05) is 53.8 Å². The number of amides is 2. The molecule has 0 radical (unpaired) electrons. The van der Waals surface area contributed by atoms with Crippen molar-refractivity contribution in [3.05, 3.63) is 77.4 Å². The third-order valence-corrected chi connectivity index (χ3v) is 5.41. The normalized spacial score (nSPS) is 14.5. The minimum atomic E-state index is -0.118. The van der Waals surface area contributed by atoms with Gasteiger partial charge in [0.15, 0.2) is 0 Å². The molecule has 1 saturated heterocycles. The van der Waals surface area contributed by atoms with Crippen LogP contribution in [0.5, 0.6) is 0 Å². The Kier molecular flexibility index (Phi) is 5.61. The zero-order chi connectivity index (χ0) is 21.1. The van der Waals surface area contributed by atoms with Gasteiger partial charge in [-0.1, -0.05) is 0 Å². The Balaban J connectivity index is 1.34. The van der Waals surface area contributed by atoms with Gasteiger partial charge >= 0.3 is 0 Å². The highest BCUT2D eigenvalue weighted by atomic mass is 16.2. The molecule has 2 amide bonds. The first-order valence-electron chi connectivity index (χ1n) is 10.1. The van der Waals surface area contributed by atoms with E-state index in [0.717, 1.165) is 29.9 Å². The minimum absolute atomic E-state index is 0.0203. The number of carbonyl (C=O) groups is 2. The summed E-state index contributed by atoms with van der Waals surface area (Å²) >= 11 is 0. The average Bonchev–Trinajstić information content (AvgIpc) is 3.12. The predicted molar refractivity (Wildman–Crippen MR) is 114 cm³/mol. The van der Waals surface area contributed by atoms with E-state index < -0.39 is 0 Å². The van der Waals surface area contributed by atoms with E-state index in [1.54, 1.807) is 24.5 Å². The fourth-order valence-electron chi connectivity index (χ4n) is 3.81. The van der Waals surface area contributed by atoms with Crippen molar-refractivity contribution in [2.45, 2.75) is 32.7 Å². The van der Waals surface area contributed by atoms with Crippen LogP contribution in [0.15, 0.2) is 54.9 Å².